The van der Waals surface area contributed by atoms with Gasteiger partial charge < -0.3 is 0 Å². The molecular weight excluding hydrogens is 248 g/mol. The standard InChI is InChI=1S/C17H26N2O/c20-17(14-7-3-1-4-8-14)13-15-11-12-19(18-15)16-9-5-2-6-10-16/h11-12,14,16H,1-10,13H2. The predicted octanol–water partition coefficient (Wildman–Crippen LogP) is 4.08. The quantitative estimate of drug-likeness (QED) is 0.829. The number of carbonyl (C=O) groups excluding carboxylic acids is 1. The molecule has 0 unspecified atom stereocenters. The first kappa shape index (κ1) is 13.8. The zero-order chi connectivity index (χ0) is 13.8. The summed E-state index contributed by atoms with van der Waals surface area (Å²) in [4.78, 5) is 12.3. The van der Waals surface area contributed by atoms with Gasteiger partial charge in [-0.1, -0.05) is 38.5 Å². The molecule has 2 saturated carbocycles. The first-order valence-electron chi connectivity index (χ1n) is 8.39. The van der Waals surface area contributed by atoms with Crippen molar-refractivity contribution in [1.29, 1.82) is 0 Å². The second kappa shape index (κ2) is 6.55. The fourth-order valence-electron chi connectivity index (χ4n) is 3.77. The van der Waals surface area contributed by atoms with E-state index >= 15 is 0 Å². The monoisotopic (exact) mass is 274 g/mol. The molecule has 110 valence electrons. The minimum Gasteiger partial charge on any atom is -0.299 e. The second-order valence-corrected chi connectivity index (χ2v) is 6.56. The van der Waals surface area contributed by atoms with Gasteiger partial charge in [0.1, 0.15) is 5.78 Å². The minimum atomic E-state index is 0.309. The Morgan fingerprint density at radius 3 is 2.40 bits per heavy atom. The van der Waals surface area contributed by atoms with Gasteiger partial charge in [0.15, 0.2) is 0 Å². The Labute approximate surface area is 121 Å². The molecule has 3 heteroatoms. The summed E-state index contributed by atoms with van der Waals surface area (Å²) < 4.78 is 2.11. The van der Waals surface area contributed by atoms with Crippen LogP contribution < -0.4 is 0 Å². The Morgan fingerprint density at radius 2 is 1.70 bits per heavy atom. The van der Waals surface area contributed by atoms with Crippen LogP contribution >= 0.6 is 0 Å². The molecule has 0 spiro atoms. The maximum atomic E-state index is 12.3. The molecule has 0 saturated heterocycles. The van der Waals surface area contributed by atoms with Gasteiger partial charge in [-0.2, -0.15) is 5.10 Å². The summed E-state index contributed by atoms with van der Waals surface area (Å²) in [5.41, 5.74) is 0.978. The van der Waals surface area contributed by atoms with Crippen molar-refractivity contribution in [3.63, 3.8) is 0 Å². The summed E-state index contributed by atoms with van der Waals surface area (Å²) in [6, 6.07) is 2.62. The van der Waals surface area contributed by atoms with Crippen molar-refractivity contribution >= 4 is 5.78 Å². The molecular formula is C17H26N2O. The van der Waals surface area contributed by atoms with E-state index in [0.29, 0.717) is 24.2 Å². The summed E-state index contributed by atoms with van der Waals surface area (Å²) >= 11 is 0. The molecule has 0 aliphatic heterocycles. The van der Waals surface area contributed by atoms with Crippen LogP contribution in [-0.4, -0.2) is 15.6 Å². The first-order valence-corrected chi connectivity index (χ1v) is 8.39. The fourth-order valence-corrected chi connectivity index (χ4v) is 3.77. The van der Waals surface area contributed by atoms with Crippen LogP contribution in [0.1, 0.15) is 75.9 Å². The van der Waals surface area contributed by atoms with Crippen molar-refractivity contribution in [2.24, 2.45) is 5.92 Å². The number of hydrogen-bond acceptors (Lipinski definition) is 2. The van der Waals surface area contributed by atoms with Gasteiger partial charge in [-0.3, -0.25) is 9.48 Å². The number of rotatable bonds is 4. The number of hydrogen-bond donors (Lipinski definition) is 0. The Bertz CT molecular complexity index is 440. The zero-order valence-electron chi connectivity index (χ0n) is 12.4. The molecule has 2 aliphatic carbocycles. The third-order valence-electron chi connectivity index (χ3n) is 5.03. The molecule has 2 aliphatic rings. The average molecular weight is 274 g/mol. The van der Waals surface area contributed by atoms with Crippen LogP contribution in [0.4, 0.5) is 0 Å². The number of ketones is 1. The largest absolute Gasteiger partial charge is 0.299 e. The van der Waals surface area contributed by atoms with Gasteiger partial charge in [-0.05, 0) is 31.7 Å². The molecule has 1 heterocycles. The zero-order valence-corrected chi connectivity index (χ0v) is 12.4. The van der Waals surface area contributed by atoms with Gasteiger partial charge in [0.05, 0.1) is 18.2 Å². The predicted molar refractivity (Wildman–Crippen MR) is 79.6 cm³/mol. The van der Waals surface area contributed by atoms with Crippen LogP contribution in [0.5, 0.6) is 0 Å². The number of carbonyl (C=O) groups is 1. The van der Waals surface area contributed by atoms with Crippen molar-refractivity contribution in [1.82, 2.24) is 9.78 Å². The Kier molecular flexibility index (Phi) is 4.54. The number of nitrogens with zero attached hydrogens (tertiary/aromatic N) is 2. The highest BCUT2D eigenvalue weighted by atomic mass is 16.1. The maximum Gasteiger partial charge on any atom is 0.141 e. The van der Waals surface area contributed by atoms with Gasteiger partial charge in [0, 0.05) is 12.1 Å². The van der Waals surface area contributed by atoms with E-state index in [4.69, 9.17) is 0 Å². The summed E-state index contributed by atoms with van der Waals surface area (Å²) in [6.07, 6.45) is 15.1. The highest BCUT2D eigenvalue weighted by Gasteiger charge is 2.22. The van der Waals surface area contributed by atoms with Crippen molar-refractivity contribution in [3.05, 3.63) is 18.0 Å². The maximum absolute atomic E-state index is 12.3. The summed E-state index contributed by atoms with van der Waals surface area (Å²) in [5, 5.41) is 4.66. The molecule has 20 heavy (non-hydrogen) atoms. The third kappa shape index (κ3) is 3.31. The first-order chi connectivity index (χ1) is 9.83. The molecule has 1 aromatic rings. The van der Waals surface area contributed by atoms with E-state index in [-0.39, 0.29) is 0 Å². The Morgan fingerprint density at radius 1 is 1.05 bits per heavy atom. The summed E-state index contributed by atoms with van der Waals surface area (Å²) in [7, 11) is 0. The lowest BCUT2D eigenvalue weighted by Gasteiger charge is -2.22. The lowest BCUT2D eigenvalue weighted by Crippen LogP contribution is -2.20. The van der Waals surface area contributed by atoms with Crippen LogP contribution in [0.2, 0.25) is 0 Å². The van der Waals surface area contributed by atoms with Crippen molar-refractivity contribution in [2.45, 2.75) is 76.7 Å². The van der Waals surface area contributed by atoms with Crippen molar-refractivity contribution in [3.8, 4) is 0 Å². The van der Waals surface area contributed by atoms with E-state index in [0.717, 1.165) is 18.5 Å². The van der Waals surface area contributed by atoms with Gasteiger partial charge >= 0.3 is 0 Å². The molecule has 2 fully saturated rings. The van der Waals surface area contributed by atoms with E-state index in [1.165, 1.54) is 51.4 Å². The normalized spacial score (nSPS) is 22.0. The highest BCUT2D eigenvalue weighted by Crippen LogP contribution is 2.28. The Balaban J connectivity index is 1.57. The minimum absolute atomic E-state index is 0.309. The van der Waals surface area contributed by atoms with Crippen molar-refractivity contribution in [2.75, 3.05) is 0 Å². The molecule has 3 nitrogen and oxygen atoms in total. The second-order valence-electron chi connectivity index (χ2n) is 6.56. The van der Waals surface area contributed by atoms with Crippen LogP contribution in [-0.2, 0) is 11.2 Å². The highest BCUT2D eigenvalue weighted by molar-refractivity contribution is 5.82. The lowest BCUT2D eigenvalue weighted by molar-refractivity contribution is -0.123. The molecule has 0 bridgehead atoms. The molecule has 0 amide bonds. The third-order valence-corrected chi connectivity index (χ3v) is 5.03. The molecule has 0 aromatic carbocycles. The fraction of sp³-hybridized carbons (Fsp3) is 0.765. The van der Waals surface area contributed by atoms with E-state index in [1.54, 1.807) is 0 Å². The van der Waals surface area contributed by atoms with Gasteiger partial charge in [0.2, 0.25) is 0 Å². The van der Waals surface area contributed by atoms with E-state index in [9.17, 15) is 4.79 Å². The van der Waals surface area contributed by atoms with Crippen molar-refractivity contribution < 1.29 is 4.79 Å². The van der Waals surface area contributed by atoms with Crippen LogP contribution in [0.3, 0.4) is 0 Å². The number of Topliss-reactive ketones (excluding diaryl/α,β-unsaturated/α-hetero) is 1. The average Bonchev–Trinajstić information content (AvgIpc) is 2.97. The van der Waals surface area contributed by atoms with Crippen LogP contribution in [0, 0.1) is 5.92 Å². The summed E-state index contributed by atoms with van der Waals surface area (Å²) in [5.74, 6) is 0.724. The van der Waals surface area contributed by atoms with Gasteiger partial charge in [0.25, 0.3) is 0 Å². The molecule has 1 aromatic heterocycles. The van der Waals surface area contributed by atoms with E-state index < -0.39 is 0 Å². The molecule has 3 rings (SSSR count). The van der Waals surface area contributed by atoms with Crippen LogP contribution in [0.25, 0.3) is 0 Å². The van der Waals surface area contributed by atoms with E-state index in [1.807, 2.05) is 0 Å². The smallest absolute Gasteiger partial charge is 0.141 e. The lowest BCUT2D eigenvalue weighted by atomic mass is 9.85. The van der Waals surface area contributed by atoms with Gasteiger partial charge in [-0.15, -0.1) is 0 Å². The van der Waals surface area contributed by atoms with Crippen LogP contribution in [0.15, 0.2) is 12.3 Å². The SMILES string of the molecule is O=C(Cc1ccn(C2CCCCC2)n1)C1CCCCC1. The number of aromatic nitrogens is 2. The van der Waals surface area contributed by atoms with Gasteiger partial charge in [-0.25, -0.2) is 0 Å². The van der Waals surface area contributed by atoms with E-state index in [2.05, 4.69) is 22.0 Å². The summed E-state index contributed by atoms with van der Waals surface area (Å²) in [6.45, 7) is 0. The Hall–Kier alpha value is -1.12. The molecule has 0 N–H and O–H groups in total. The molecule has 0 radical (unpaired) electrons. The topological polar surface area (TPSA) is 34.9 Å². The molecule has 0 atom stereocenters.